The first kappa shape index (κ1) is 23.6. The number of morpholine rings is 1. The SMILES string of the molecule is CN(Cc1ccccc1N1CCOCC1)C(=O)C=Cc1ccc(OCc2cn3ccccc3n2)cc1. The highest BCUT2D eigenvalue weighted by atomic mass is 16.5. The highest BCUT2D eigenvalue weighted by molar-refractivity contribution is 5.91. The molecule has 0 unspecified atom stereocenters. The van der Waals surface area contributed by atoms with Crippen LogP contribution in [0.3, 0.4) is 0 Å². The summed E-state index contributed by atoms with van der Waals surface area (Å²) >= 11 is 0. The van der Waals surface area contributed by atoms with Crippen molar-refractivity contribution in [3.05, 3.63) is 102 Å². The van der Waals surface area contributed by atoms with Crippen LogP contribution < -0.4 is 9.64 Å². The van der Waals surface area contributed by atoms with E-state index in [0.717, 1.165) is 54.5 Å². The van der Waals surface area contributed by atoms with Gasteiger partial charge in [0.2, 0.25) is 5.91 Å². The first-order chi connectivity index (χ1) is 17.7. The lowest BCUT2D eigenvalue weighted by Crippen LogP contribution is -2.37. The maximum absolute atomic E-state index is 12.8. The van der Waals surface area contributed by atoms with Crippen LogP contribution >= 0.6 is 0 Å². The molecule has 7 nitrogen and oxygen atoms in total. The van der Waals surface area contributed by atoms with Crippen LogP contribution in [0.1, 0.15) is 16.8 Å². The van der Waals surface area contributed by atoms with E-state index in [1.807, 2.05) is 84.5 Å². The Morgan fingerprint density at radius 2 is 1.83 bits per heavy atom. The molecule has 0 N–H and O–H groups in total. The molecule has 184 valence electrons. The zero-order valence-electron chi connectivity index (χ0n) is 20.4. The third-order valence-electron chi connectivity index (χ3n) is 6.23. The van der Waals surface area contributed by atoms with E-state index in [2.05, 4.69) is 22.0 Å². The van der Waals surface area contributed by atoms with Gasteiger partial charge in [-0.05, 0) is 47.5 Å². The number of para-hydroxylation sites is 1. The van der Waals surface area contributed by atoms with Gasteiger partial charge in [-0.1, -0.05) is 36.4 Å². The smallest absolute Gasteiger partial charge is 0.246 e. The maximum Gasteiger partial charge on any atom is 0.246 e. The lowest BCUT2D eigenvalue weighted by molar-refractivity contribution is -0.125. The summed E-state index contributed by atoms with van der Waals surface area (Å²) in [6.07, 6.45) is 7.38. The summed E-state index contributed by atoms with van der Waals surface area (Å²) in [5.41, 5.74) is 5.01. The lowest BCUT2D eigenvalue weighted by Gasteiger charge is -2.31. The van der Waals surface area contributed by atoms with Gasteiger partial charge >= 0.3 is 0 Å². The van der Waals surface area contributed by atoms with Crippen LogP contribution in [0.2, 0.25) is 0 Å². The van der Waals surface area contributed by atoms with Crippen LogP contribution in [0, 0.1) is 0 Å². The van der Waals surface area contributed by atoms with E-state index in [9.17, 15) is 4.79 Å². The number of aromatic nitrogens is 2. The van der Waals surface area contributed by atoms with E-state index in [1.165, 1.54) is 5.69 Å². The van der Waals surface area contributed by atoms with E-state index in [1.54, 1.807) is 11.0 Å². The second-order valence-corrected chi connectivity index (χ2v) is 8.81. The second kappa shape index (κ2) is 11.1. The standard InChI is InChI=1S/C29H30N4O3/c1-31(20-24-6-2-3-7-27(24)32-16-18-35-19-17-32)29(34)14-11-23-9-12-26(13-10-23)36-22-25-21-33-15-5-4-8-28(33)30-25/h2-15,21H,16-20,22H2,1H3. The van der Waals surface area contributed by atoms with Gasteiger partial charge in [-0.3, -0.25) is 4.79 Å². The Morgan fingerprint density at radius 1 is 1.06 bits per heavy atom. The molecule has 7 heteroatoms. The fourth-order valence-electron chi connectivity index (χ4n) is 4.27. The summed E-state index contributed by atoms with van der Waals surface area (Å²) in [7, 11) is 1.83. The number of anilines is 1. The number of ether oxygens (including phenoxy) is 2. The molecule has 36 heavy (non-hydrogen) atoms. The normalized spacial score (nSPS) is 13.9. The van der Waals surface area contributed by atoms with E-state index in [-0.39, 0.29) is 5.91 Å². The molecule has 1 amide bonds. The molecule has 1 aliphatic rings. The van der Waals surface area contributed by atoms with Gasteiger partial charge in [0.1, 0.15) is 18.0 Å². The lowest BCUT2D eigenvalue weighted by atomic mass is 10.1. The summed E-state index contributed by atoms with van der Waals surface area (Å²) in [6, 6.07) is 21.9. The number of fused-ring (bicyclic) bond motifs is 1. The number of carbonyl (C=O) groups is 1. The van der Waals surface area contributed by atoms with Crippen LogP contribution in [0.5, 0.6) is 5.75 Å². The zero-order chi connectivity index (χ0) is 24.7. The average Bonchev–Trinajstić information content (AvgIpc) is 3.35. The molecule has 0 bridgehead atoms. The second-order valence-electron chi connectivity index (χ2n) is 8.81. The van der Waals surface area contributed by atoms with Gasteiger partial charge in [0.25, 0.3) is 0 Å². The minimum atomic E-state index is -0.0426. The van der Waals surface area contributed by atoms with Gasteiger partial charge in [0, 0.05) is 50.8 Å². The number of imidazole rings is 1. The van der Waals surface area contributed by atoms with Crippen LogP contribution in [0.25, 0.3) is 11.7 Å². The zero-order valence-corrected chi connectivity index (χ0v) is 20.4. The number of benzene rings is 2. The molecule has 0 spiro atoms. The van der Waals surface area contributed by atoms with E-state index in [0.29, 0.717) is 13.2 Å². The minimum absolute atomic E-state index is 0.0426. The predicted molar refractivity (Wildman–Crippen MR) is 141 cm³/mol. The third kappa shape index (κ3) is 5.75. The van der Waals surface area contributed by atoms with Crippen molar-refractivity contribution in [2.45, 2.75) is 13.2 Å². The van der Waals surface area contributed by atoms with Crippen molar-refractivity contribution in [2.24, 2.45) is 0 Å². The molecule has 0 saturated carbocycles. The fourth-order valence-corrected chi connectivity index (χ4v) is 4.27. The molecule has 1 saturated heterocycles. The Morgan fingerprint density at radius 3 is 2.64 bits per heavy atom. The van der Waals surface area contributed by atoms with Crippen molar-refractivity contribution in [3.8, 4) is 5.75 Å². The van der Waals surface area contributed by atoms with Crippen molar-refractivity contribution < 1.29 is 14.3 Å². The Hall–Kier alpha value is -4.10. The Labute approximate surface area is 211 Å². The molecule has 5 rings (SSSR count). The highest BCUT2D eigenvalue weighted by Gasteiger charge is 2.16. The van der Waals surface area contributed by atoms with Gasteiger partial charge < -0.3 is 23.7 Å². The van der Waals surface area contributed by atoms with Gasteiger partial charge in [0.05, 0.1) is 18.9 Å². The van der Waals surface area contributed by atoms with Gasteiger partial charge in [-0.2, -0.15) is 0 Å². The largest absolute Gasteiger partial charge is 0.487 e. The quantitative estimate of drug-likeness (QED) is 0.348. The van der Waals surface area contributed by atoms with Crippen LogP contribution in [0.4, 0.5) is 5.69 Å². The van der Waals surface area contributed by atoms with Crippen LogP contribution in [0.15, 0.2) is 85.2 Å². The first-order valence-corrected chi connectivity index (χ1v) is 12.1. The number of carbonyl (C=O) groups excluding carboxylic acids is 1. The fraction of sp³-hybridized carbons (Fsp3) is 0.241. The molecule has 1 aliphatic heterocycles. The minimum Gasteiger partial charge on any atom is -0.487 e. The Balaban J connectivity index is 1.15. The third-order valence-corrected chi connectivity index (χ3v) is 6.23. The van der Waals surface area contributed by atoms with E-state index in [4.69, 9.17) is 9.47 Å². The number of likely N-dealkylation sites (N-methyl/N-ethyl adjacent to an activating group) is 1. The van der Waals surface area contributed by atoms with Crippen molar-refractivity contribution in [2.75, 3.05) is 38.3 Å². The summed E-state index contributed by atoms with van der Waals surface area (Å²) < 4.78 is 13.3. The number of pyridine rings is 1. The number of hydrogen-bond donors (Lipinski definition) is 0. The predicted octanol–water partition coefficient (Wildman–Crippen LogP) is 4.42. The van der Waals surface area contributed by atoms with Gasteiger partial charge in [-0.15, -0.1) is 0 Å². The Kier molecular flexibility index (Phi) is 7.28. The Bertz CT molecular complexity index is 1310. The van der Waals surface area contributed by atoms with Gasteiger partial charge in [0.15, 0.2) is 0 Å². The topological polar surface area (TPSA) is 59.3 Å². The van der Waals surface area contributed by atoms with Crippen LogP contribution in [-0.2, 0) is 22.7 Å². The molecule has 0 atom stereocenters. The van der Waals surface area contributed by atoms with Crippen molar-refractivity contribution in [1.82, 2.24) is 14.3 Å². The highest BCUT2D eigenvalue weighted by Crippen LogP contribution is 2.23. The maximum atomic E-state index is 12.8. The molecule has 3 heterocycles. The first-order valence-electron chi connectivity index (χ1n) is 12.1. The molecule has 4 aromatic rings. The molecule has 2 aromatic carbocycles. The number of rotatable bonds is 8. The van der Waals surface area contributed by atoms with Crippen LogP contribution in [-0.4, -0.2) is 53.5 Å². The average molecular weight is 483 g/mol. The van der Waals surface area contributed by atoms with E-state index < -0.39 is 0 Å². The summed E-state index contributed by atoms with van der Waals surface area (Å²) in [5, 5.41) is 0. The molecular weight excluding hydrogens is 452 g/mol. The number of amides is 1. The summed E-state index contributed by atoms with van der Waals surface area (Å²) in [5.74, 6) is 0.714. The summed E-state index contributed by atoms with van der Waals surface area (Å²) in [6.45, 7) is 4.14. The van der Waals surface area contributed by atoms with Crippen molar-refractivity contribution in [3.63, 3.8) is 0 Å². The number of nitrogens with zero attached hydrogens (tertiary/aromatic N) is 4. The van der Waals surface area contributed by atoms with Crippen molar-refractivity contribution >= 4 is 23.3 Å². The van der Waals surface area contributed by atoms with E-state index >= 15 is 0 Å². The number of hydrogen-bond acceptors (Lipinski definition) is 5. The molecule has 1 fully saturated rings. The molecule has 0 aliphatic carbocycles. The molecular formula is C29H30N4O3. The molecule has 0 radical (unpaired) electrons. The van der Waals surface area contributed by atoms with Gasteiger partial charge in [-0.25, -0.2) is 4.98 Å². The van der Waals surface area contributed by atoms with Crippen molar-refractivity contribution in [1.29, 1.82) is 0 Å². The molecule has 2 aromatic heterocycles. The summed E-state index contributed by atoms with van der Waals surface area (Å²) in [4.78, 5) is 21.4. The monoisotopic (exact) mass is 482 g/mol.